The molecular formula is C21H26N2O4. The van der Waals surface area contributed by atoms with E-state index in [0.717, 1.165) is 11.3 Å². The van der Waals surface area contributed by atoms with E-state index < -0.39 is 0 Å². The van der Waals surface area contributed by atoms with Gasteiger partial charge < -0.3 is 19.7 Å². The van der Waals surface area contributed by atoms with Gasteiger partial charge in [0.05, 0.1) is 19.2 Å². The van der Waals surface area contributed by atoms with Crippen LogP contribution in [0.4, 0.5) is 0 Å². The molecule has 0 aliphatic heterocycles. The van der Waals surface area contributed by atoms with E-state index in [1.165, 1.54) is 7.11 Å². The third kappa shape index (κ3) is 6.02. The molecule has 0 saturated carbocycles. The second-order valence-electron chi connectivity index (χ2n) is 6.14. The molecule has 0 radical (unpaired) electrons. The fourth-order valence-corrected chi connectivity index (χ4v) is 2.54. The highest BCUT2D eigenvalue weighted by molar-refractivity contribution is 5.97. The molecule has 0 unspecified atom stereocenters. The van der Waals surface area contributed by atoms with E-state index >= 15 is 0 Å². The van der Waals surface area contributed by atoms with Crippen LogP contribution in [0.15, 0.2) is 48.5 Å². The predicted molar refractivity (Wildman–Crippen MR) is 104 cm³/mol. The zero-order chi connectivity index (χ0) is 19.6. The number of likely N-dealkylation sites (N-methyl/N-ethyl adjacent to an activating group) is 1. The Kier molecular flexibility index (Phi) is 7.67. The van der Waals surface area contributed by atoms with E-state index in [2.05, 4.69) is 5.32 Å². The second kappa shape index (κ2) is 10.2. The summed E-state index contributed by atoms with van der Waals surface area (Å²) in [5.41, 5.74) is 1.51. The average molecular weight is 370 g/mol. The molecule has 0 heterocycles. The zero-order valence-electron chi connectivity index (χ0n) is 16.0. The summed E-state index contributed by atoms with van der Waals surface area (Å²) in [6.07, 6.45) is 0.224. The highest BCUT2D eigenvalue weighted by Crippen LogP contribution is 2.17. The third-order valence-corrected chi connectivity index (χ3v) is 4.18. The Morgan fingerprint density at radius 1 is 1.04 bits per heavy atom. The lowest BCUT2D eigenvalue weighted by Crippen LogP contribution is -2.34. The van der Waals surface area contributed by atoms with Gasteiger partial charge in [-0.05, 0) is 30.7 Å². The van der Waals surface area contributed by atoms with E-state index in [0.29, 0.717) is 24.5 Å². The summed E-state index contributed by atoms with van der Waals surface area (Å²) in [7, 11) is 3.25. The van der Waals surface area contributed by atoms with Crippen LogP contribution in [-0.4, -0.2) is 50.6 Å². The summed E-state index contributed by atoms with van der Waals surface area (Å²) in [4.78, 5) is 26.0. The van der Waals surface area contributed by atoms with E-state index in [1.807, 2.05) is 31.2 Å². The van der Waals surface area contributed by atoms with Gasteiger partial charge in [-0.25, -0.2) is 0 Å². The van der Waals surface area contributed by atoms with Crippen molar-refractivity contribution < 1.29 is 19.1 Å². The number of nitrogens with one attached hydrogen (secondary N) is 1. The highest BCUT2D eigenvalue weighted by atomic mass is 16.5. The number of ether oxygens (including phenoxy) is 2. The van der Waals surface area contributed by atoms with Gasteiger partial charge >= 0.3 is 0 Å². The van der Waals surface area contributed by atoms with Crippen molar-refractivity contribution in [1.82, 2.24) is 10.2 Å². The minimum absolute atomic E-state index is 0.0521. The number of methoxy groups -OCH3 is 1. The fourth-order valence-electron chi connectivity index (χ4n) is 2.54. The standard InChI is InChI=1S/C21H26N2O4/c1-16-8-4-6-10-18(16)27-15-14-23(2)20(24)12-13-22-21(25)17-9-5-7-11-19(17)26-3/h4-11H,12-15H2,1-3H3,(H,22,25). The zero-order valence-corrected chi connectivity index (χ0v) is 16.0. The summed E-state index contributed by atoms with van der Waals surface area (Å²) in [5, 5.41) is 2.75. The topological polar surface area (TPSA) is 67.9 Å². The molecule has 2 rings (SSSR count). The van der Waals surface area contributed by atoms with Crippen LogP contribution in [0.2, 0.25) is 0 Å². The molecule has 1 N–H and O–H groups in total. The molecule has 2 amide bonds. The first-order chi connectivity index (χ1) is 13.0. The molecular weight excluding hydrogens is 344 g/mol. The molecule has 0 spiro atoms. The van der Waals surface area contributed by atoms with Crippen LogP contribution in [0.25, 0.3) is 0 Å². The second-order valence-corrected chi connectivity index (χ2v) is 6.14. The quantitative estimate of drug-likeness (QED) is 0.737. The van der Waals surface area contributed by atoms with Crippen LogP contribution in [0, 0.1) is 6.92 Å². The molecule has 0 bridgehead atoms. The van der Waals surface area contributed by atoms with E-state index in [4.69, 9.17) is 9.47 Å². The monoisotopic (exact) mass is 370 g/mol. The Bertz CT molecular complexity index is 776. The molecule has 2 aromatic carbocycles. The van der Waals surface area contributed by atoms with E-state index in [9.17, 15) is 9.59 Å². The van der Waals surface area contributed by atoms with Gasteiger partial charge in [-0.2, -0.15) is 0 Å². The Morgan fingerprint density at radius 3 is 2.41 bits per heavy atom. The Balaban J connectivity index is 1.71. The molecule has 0 fully saturated rings. The van der Waals surface area contributed by atoms with E-state index in [-0.39, 0.29) is 24.8 Å². The highest BCUT2D eigenvalue weighted by Gasteiger charge is 2.13. The lowest BCUT2D eigenvalue weighted by molar-refractivity contribution is -0.130. The van der Waals surface area contributed by atoms with Crippen molar-refractivity contribution in [2.24, 2.45) is 0 Å². The van der Waals surface area contributed by atoms with Crippen LogP contribution in [0.5, 0.6) is 11.5 Å². The molecule has 0 aromatic heterocycles. The normalized spacial score (nSPS) is 10.2. The molecule has 0 aliphatic carbocycles. The summed E-state index contributed by atoms with van der Waals surface area (Å²) < 4.78 is 10.9. The van der Waals surface area contributed by atoms with Crippen LogP contribution in [0.1, 0.15) is 22.3 Å². The SMILES string of the molecule is COc1ccccc1C(=O)NCCC(=O)N(C)CCOc1ccccc1C. The molecule has 6 nitrogen and oxygen atoms in total. The molecule has 0 atom stereocenters. The first kappa shape index (κ1) is 20.3. The molecule has 2 aromatic rings. The number of amides is 2. The van der Waals surface area contributed by atoms with E-state index in [1.54, 1.807) is 36.2 Å². The molecule has 144 valence electrons. The fraction of sp³-hybridized carbons (Fsp3) is 0.333. The van der Waals surface area contributed by atoms with Gasteiger partial charge in [0, 0.05) is 20.0 Å². The number of benzene rings is 2. The first-order valence-electron chi connectivity index (χ1n) is 8.86. The van der Waals surface area contributed by atoms with Gasteiger partial charge in [-0.15, -0.1) is 0 Å². The number of carbonyl (C=O) groups is 2. The Labute approximate surface area is 160 Å². The van der Waals surface area contributed by atoms with Crippen molar-refractivity contribution in [3.63, 3.8) is 0 Å². The summed E-state index contributed by atoms with van der Waals surface area (Å²) in [5.74, 6) is 1.02. The van der Waals surface area contributed by atoms with Crippen molar-refractivity contribution in [2.45, 2.75) is 13.3 Å². The van der Waals surface area contributed by atoms with Crippen LogP contribution in [0.3, 0.4) is 0 Å². The molecule has 0 aliphatic rings. The smallest absolute Gasteiger partial charge is 0.255 e. The van der Waals surface area contributed by atoms with Gasteiger partial charge in [0.1, 0.15) is 18.1 Å². The summed E-state index contributed by atoms with van der Waals surface area (Å²) >= 11 is 0. The summed E-state index contributed by atoms with van der Waals surface area (Å²) in [6, 6.07) is 14.7. The number of para-hydroxylation sites is 2. The van der Waals surface area contributed by atoms with Crippen LogP contribution >= 0.6 is 0 Å². The summed E-state index contributed by atoms with van der Waals surface area (Å²) in [6.45, 7) is 3.14. The molecule has 27 heavy (non-hydrogen) atoms. The van der Waals surface area contributed by atoms with Crippen molar-refractivity contribution in [3.05, 3.63) is 59.7 Å². The lowest BCUT2D eigenvalue weighted by atomic mass is 10.2. The third-order valence-electron chi connectivity index (χ3n) is 4.18. The van der Waals surface area contributed by atoms with Gasteiger partial charge in [-0.3, -0.25) is 9.59 Å². The van der Waals surface area contributed by atoms with Crippen molar-refractivity contribution in [1.29, 1.82) is 0 Å². The number of rotatable bonds is 9. The Hall–Kier alpha value is -3.02. The minimum Gasteiger partial charge on any atom is -0.496 e. The van der Waals surface area contributed by atoms with Gasteiger partial charge in [-0.1, -0.05) is 30.3 Å². The number of aryl methyl sites for hydroxylation is 1. The maximum absolute atomic E-state index is 12.2. The number of hydrogen-bond acceptors (Lipinski definition) is 4. The van der Waals surface area contributed by atoms with Gasteiger partial charge in [0.25, 0.3) is 5.91 Å². The van der Waals surface area contributed by atoms with Crippen molar-refractivity contribution in [2.75, 3.05) is 33.9 Å². The van der Waals surface area contributed by atoms with Crippen LogP contribution in [-0.2, 0) is 4.79 Å². The minimum atomic E-state index is -0.259. The first-order valence-corrected chi connectivity index (χ1v) is 8.86. The lowest BCUT2D eigenvalue weighted by Gasteiger charge is -2.18. The van der Waals surface area contributed by atoms with Crippen LogP contribution < -0.4 is 14.8 Å². The predicted octanol–water partition coefficient (Wildman–Crippen LogP) is 2.66. The Morgan fingerprint density at radius 2 is 1.70 bits per heavy atom. The average Bonchev–Trinajstić information content (AvgIpc) is 2.69. The van der Waals surface area contributed by atoms with Crippen molar-refractivity contribution in [3.8, 4) is 11.5 Å². The van der Waals surface area contributed by atoms with Gasteiger partial charge in [0.2, 0.25) is 5.91 Å². The largest absolute Gasteiger partial charge is 0.496 e. The number of nitrogens with zero attached hydrogens (tertiary/aromatic N) is 1. The maximum atomic E-state index is 12.2. The van der Waals surface area contributed by atoms with Gasteiger partial charge in [0.15, 0.2) is 0 Å². The molecule has 6 heteroatoms. The van der Waals surface area contributed by atoms with Crippen molar-refractivity contribution >= 4 is 11.8 Å². The maximum Gasteiger partial charge on any atom is 0.255 e. The molecule has 0 saturated heterocycles. The number of hydrogen-bond donors (Lipinski definition) is 1. The number of carbonyl (C=O) groups excluding carboxylic acids is 2.